The Morgan fingerprint density at radius 1 is 0.783 bits per heavy atom. The van der Waals surface area contributed by atoms with Crippen LogP contribution < -0.4 is 0 Å². The third kappa shape index (κ3) is 18.1. The fourth-order valence-corrected chi connectivity index (χ4v) is 2.52. The number of rotatable bonds is 15. The number of nitrogens with zero attached hydrogens (tertiary/aromatic N) is 1. The van der Waals surface area contributed by atoms with Gasteiger partial charge in [0.05, 0.1) is 6.42 Å². The van der Waals surface area contributed by atoms with Gasteiger partial charge in [-0.1, -0.05) is 71.1 Å². The Hall–Kier alpha value is -0.0600. The van der Waals surface area contributed by atoms with Gasteiger partial charge in [-0.3, -0.25) is 9.59 Å². The predicted molar refractivity (Wildman–Crippen MR) is 96.7 cm³/mol. The fraction of sp³-hybridized carbons (Fsp3) is 0.889. The van der Waals surface area contributed by atoms with Gasteiger partial charge in [0.25, 0.3) is 0 Å². The van der Waals surface area contributed by atoms with Crippen LogP contribution in [-0.4, -0.2) is 65.0 Å². The summed E-state index contributed by atoms with van der Waals surface area (Å²) >= 11 is 0. The van der Waals surface area contributed by atoms with Crippen molar-refractivity contribution in [2.75, 3.05) is 13.6 Å². The van der Waals surface area contributed by atoms with Crippen LogP contribution in [0.1, 0.15) is 90.4 Å². The van der Waals surface area contributed by atoms with Gasteiger partial charge in [-0.2, -0.15) is 0 Å². The Morgan fingerprint density at radius 2 is 1.22 bits per heavy atom. The second kappa shape index (κ2) is 18.3. The second-order valence-electron chi connectivity index (χ2n) is 6.24. The minimum atomic E-state index is -0.852. The zero-order valence-electron chi connectivity index (χ0n) is 15.6. The molecule has 5 heteroatoms. The van der Waals surface area contributed by atoms with E-state index in [2.05, 4.69) is 6.92 Å². The Labute approximate surface area is 164 Å². The van der Waals surface area contributed by atoms with Crippen molar-refractivity contribution in [1.29, 1.82) is 0 Å². The molecule has 0 aliphatic heterocycles. The Kier molecular flexibility index (Phi) is 20.0. The van der Waals surface area contributed by atoms with E-state index in [0.29, 0.717) is 13.0 Å². The van der Waals surface area contributed by atoms with Crippen LogP contribution in [0.5, 0.6) is 0 Å². The van der Waals surface area contributed by atoms with E-state index in [4.69, 9.17) is 5.11 Å². The molecule has 1 amide bonds. The maximum absolute atomic E-state index is 11.7. The molecule has 0 aromatic carbocycles. The Balaban J connectivity index is 0. The van der Waals surface area contributed by atoms with Crippen molar-refractivity contribution in [3.8, 4) is 0 Å². The number of amides is 1. The van der Waals surface area contributed by atoms with E-state index in [9.17, 15) is 9.59 Å². The maximum Gasteiger partial charge on any atom is 0.305 e. The summed E-state index contributed by atoms with van der Waals surface area (Å²) in [5.74, 6) is -0.786. The first-order valence-corrected chi connectivity index (χ1v) is 9.03. The van der Waals surface area contributed by atoms with Gasteiger partial charge in [0, 0.05) is 49.6 Å². The molecule has 0 aromatic heterocycles. The zero-order chi connectivity index (χ0) is 16.6. The molecule has 0 atom stereocenters. The molecule has 4 nitrogen and oxygen atoms in total. The topological polar surface area (TPSA) is 57.6 Å². The monoisotopic (exact) mass is 336 g/mol. The van der Waals surface area contributed by atoms with E-state index >= 15 is 0 Å². The van der Waals surface area contributed by atoms with Gasteiger partial charge in [0.15, 0.2) is 0 Å². The van der Waals surface area contributed by atoms with Crippen molar-refractivity contribution in [1.82, 2.24) is 4.90 Å². The van der Waals surface area contributed by atoms with Crippen molar-refractivity contribution >= 4 is 41.4 Å². The van der Waals surface area contributed by atoms with E-state index in [0.717, 1.165) is 12.8 Å². The summed E-state index contributed by atoms with van der Waals surface area (Å²) in [7, 11) is 1.68. The minimum absolute atomic E-state index is 0. The largest absolute Gasteiger partial charge is 0.481 e. The van der Waals surface area contributed by atoms with Gasteiger partial charge < -0.3 is 10.0 Å². The van der Waals surface area contributed by atoms with Gasteiger partial charge in [0.2, 0.25) is 5.91 Å². The molecule has 0 unspecified atom stereocenters. The molecule has 0 saturated heterocycles. The molecule has 131 valence electrons. The van der Waals surface area contributed by atoms with E-state index in [-0.39, 0.29) is 41.9 Å². The standard InChI is InChI=1S/C18H35NO3.Na/c1-3-4-5-6-7-8-9-10-11-12-13-14-17(20)19(2)16-15-18(21)22;/h3-16H2,1-2H3,(H,21,22);. The molecule has 0 fully saturated rings. The smallest absolute Gasteiger partial charge is 0.305 e. The molecule has 0 rings (SSSR count). The molecular weight excluding hydrogens is 301 g/mol. The van der Waals surface area contributed by atoms with Crippen LogP contribution in [0.15, 0.2) is 0 Å². The molecule has 1 N–H and O–H groups in total. The van der Waals surface area contributed by atoms with Gasteiger partial charge in [-0.15, -0.1) is 0 Å². The van der Waals surface area contributed by atoms with Crippen LogP contribution >= 0.6 is 0 Å². The molecule has 0 saturated carbocycles. The van der Waals surface area contributed by atoms with Crippen molar-refractivity contribution in [3.05, 3.63) is 0 Å². The number of carboxylic acid groups (broad SMARTS) is 1. The van der Waals surface area contributed by atoms with E-state index in [1.165, 1.54) is 62.7 Å². The van der Waals surface area contributed by atoms with Gasteiger partial charge >= 0.3 is 5.97 Å². The third-order valence-corrected chi connectivity index (χ3v) is 4.08. The normalized spacial score (nSPS) is 10.2. The van der Waals surface area contributed by atoms with Crippen molar-refractivity contribution in [3.63, 3.8) is 0 Å². The first kappa shape index (κ1) is 25.2. The molecule has 0 spiro atoms. The number of carbonyl (C=O) groups excluding carboxylic acids is 1. The van der Waals surface area contributed by atoms with E-state index in [1.54, 1.807) is 7.05 Å². The molecule has 0 aromatic rings. The van der Waals surface area contributed by atoms with Crippen LogP contribution in [0.3, 0.4) is 0 Å². The summed E-state index contributed by atoms with van der Waals surface area (Å²) in [5.41, 5.74) is 0. The summed E-state index contributed by atoms with van der Waals surface area (Å²) in [6.45, 7) is 2.56. The number of unbranched alkanes of at least 4 members (excludes halogenated alkanes) is 10. The molecule has 0 heterocycles. The third-order valence-electron chi connectivity index (χ3n) is 4.08. The van der Waals surface area contributed by atoms with Gasteiger partial charge in [-0.25, -0.2) is 0 Å². The molecule has 23 heavy (non-hydrogen) atoms. The van der Waals surface area contributed by atoms with E-state index < -0.39 is 5.97 Å². The van der Waals surface area contributed by atoms with Crippen molar-refractivity contribution < 1.29 is 14.7 Å². The second-order valence-corrected chi connectivity index (χ2v) is 6.24. The van der Waals surface area contributed by atoms with Crippen LogP contribution in [0, 0.1) is 0 Å². The first-order valence-electron chi connectivity index (χ1n) is 9.03. The van der Waals surface area contributed by atoms with Gasteiger partial charge in [-0.05, 0) is 6.42 Å². The number of aliphatic carboxylic acids is 1. The quantitative estimate of drug-likeness (QED) is 0.359. The summed E-state index contributed by atoms with van der Waals surface area (Å²) < 4.78 is 0. The molecule has 0 aliphatic carbocycles. The average Bonchev–Trinajstić information content (AvgIpc) is 2.49. The summed E-state index contributed by atoms with van der Waals surface area (Å²) in [6.07, 6.45) is 14.6. The van der Waals surface area contributed by atoms with Crippen LogP contribution in [0.2, 0.25) is 0 Å². The van der Waals surface area contributed by atoms with E-state index in [1.807, 2.05) is 0 Å². The van der Waals surface area contributed by atoms with Gasteiger partial charge in [0.1, 0.15) is 0 Å². The minimum Gasteiger partial charge on any atom is -0.481 e. The SMILES string of the molecule is CCCCCCCCCCCCCC(=O)N(C)CCC(=O)O.[Na]. The Morgan fingerprint density at radius 3 is 1.65 bits per heavy atom. The molecule has 1 radical (unpaired) electrons. The number of hydrogen-bond donors (Lipinski definition) is 1. The average molecular weight is 336 g/mol. The summed E-state index contributed by atoms with van der Waals surface area (Å²) in [4.78, 5) is 23.7. The molecular formula is C18H35NNaO3. The molecule has 0 bridgehead atoms. The molecule has 0 aliphatic rings. The summed E-state index contributed by atoms with van der Waals surface area (Å²) in [6, 6.07) is 0. The van der Waals surface area contributed by atoms with Crippen LogP contribution in [-0.2, 0) is 9.59 Å². The van der Waals surface area contributed by atoms with Crippen LogP contribution in [0.25, 0.3) is 0 Å². The Bertz CT molecular complexity index is 298. The zero-order valence-corrected chi connectivity index (χ0v) is 17.6. The predicted octanol–water partition coefficient (Wildman–Crippen LogP) is 4.24. The number of hydrogen-bond acceptors (Lipinski definition) is 2. The van der Waals surface area contributed by atoms with Crippen molar-refractivity contribution in [2.45, 2.75) is 90.4 Å². The summed E-state index contributed by atoms with van der Waals surface area (Å²) in [5, 5.41) is 8.58. The fourth-order valence-electron chi connectivity index (χ4n) is 2.52. The number of carbonyl (C=O) groups is 2. The van der Waals surface area contributed by atoms with Crippen molar-refractivity contribution in [2.24, 2.45) is 0 Å². The van der Waals surface area contributed by atoms with Crippen LogP contribution in [0.4, 0.5) is 0 Å². The first-order chi connectivity index (χ1) is 10.6. The maximum atomic E-state index is 11.7. The number of carboxylic acids is 1.